The molecule has 0 radical (unpaired) electrons. The number of H-pyrrole nitrogens is 1. The third kappa shape index (κ3) is 3.16. The molecule has 98 valence electrons. The molecule has 2 N–H and O–H groups in total. The van der Waals surface area contributed by atoms with E-state index < -0.39 is 5.56 Å². The Labute approximate surface area is 111 Å². The SMILES string of the molecule is C=CCn1c(O)c(C=NC(C)CC)c(=O)[nH]c1=S. The fourth-order valence-electron chi connectivity index (χ4n) is 1.30. The Kier molecular flexibility index (Phi) is 5.03. The van der Waals surface area contributed by atoms with Gasteiger partial charge in [0.2, 0.25) is 5.88 Å². The second-order valence-electron chi connectivity index (χ2n) is 3.93. The van der Waals surface area contributed by atoms with Crippen molar-refractivity contribution < 1.29 is 5.11 Å². The van der Waals surface area contributed by atoms with E-state index >= 15 is 0 Å². The monoisotopic (exact) mass is 267 g/mol. The molecule has 0 aliphatic heterocycles. The fourth-order valence-corrected chi connectivity index (χ4v) is 1.55. The summed E-state index contributed by atoms with van der Waals surface area (Å²) < 4.78 is 1.56. The molecule has 0 saturated heterocycles. The van der Waals surface area contributed by atoms with Crippen LogP contribution >= 0.6 is 12.2 Å². The number of allylic oxidation sites excluding steroid dienone is 1. The van der Waals surface area contributed by atoms with Crippen LogP contribution in [0.25, 0.3) is 0 Å². The first kappa shape index (κ1) is 14.4. The minimum atomic E-state index is -0.440. The van der Waals surface area contributed by atoms with E-state index in [1.165, 1.54) is 10.8 Å². The minimum Gasteiger partial charge on any atom is -0.494 e. The third-order valence-electron chi connectivity index (χ3n) is 2.57. The molecule has 1 heterocycles. The summed E-state index contributed by atoms with van der Waals surface area (Å²) in [7, 11) is 0. The van der Waals surface area contributed by atoms with Crippen molar-refractivity contribution in [3.63, 3.8) is 0 Å². The maximum atomic E-state index is 11.7. The maximum absolute atomic E-state index is 11.7. The van der Waals surface area contributed by atoms with Gasteiger partial charge in [0.05, 0.1) is 0 Å². The second-order valence-corrected chi connectivity index (χ2v) is 4.32. The van der Waals surface area contributed by atoms with E-state index in [-0.39, 0.29) is 22.3 Å². The van der Waals surface area contributed by atoms with Crippen molar-refractivity contribution in [1.82, 2.24) is 9.55 Å². The van der Waals surface area contributed by atoms with Crippen LogP contribution in [0.4, 0.5) is 0 Å². The van der Waals surface area contributed by atoms with Crippen LogP contribution in [0, 0.1) is 4.77 Å². The van der Waals surface area contributed by atoms with E-state index in [1.807, 2.05) is 13.8 Å². The van der Waals surface area contributed by atoms with Crippen LogP contribution in [-0.4, -0.2) is 26.9 Å². The zero-order chi connectivity index (χ0) is 13.7. The standard InChI is InChI=1S/C12H17N3O2S/c1-4-6-15-11(17)9(7-13-8(3)5-2)10(16)14-12(15)18/h4,7-8,17H,1,5-6H2,2-3H3,(H,14,16,18). The van der Waals surface area contributed by atoms with Crippen LogP contribution < -0.4 is 5.56 Å². The Balaban J connectivity index is 3.32. The van der Waals surface area contributed by atoms with Gasteiger partial charge in [0.25, 0.3) is 5.56 Å². The van der Waals surface area contributed by atoms with E-state index in [0.717, 1.165) is 6.42 Å². The molecule has 0 amide bonds. The number of hydrogen-bond donors (Lipinski definition) is 2. The Bertz CT molecular complexity index is 572. The highest BCUT2D eigenvalue weighted by Gasteiger charge is 2.10. The van der Waals surface area contributed by atoms with Gasteiger partial charge in [0, 0.05) is 18.8 Å². The van der Waals surface area contributed by atoms with Crippen molar-refractivity contribution in [2.45, 2.75) is 32.9 Å². The highest BCUT2D eigenvalue weighted by Crippen LogP contribution is 2.11. The highest BCUT2D eigenvalue weighted by atomic mass is 32.1. The average Bonchev–Trinajstić information content (AvgIpc) is 2.33. The normalized spacial score (nSPS) is 12.8. The van der Waals surface area contributed by atoms with Crippen molar-refractivity contribution in [2.24, 2.45) is 4.99 Å². The molecule has 0 aromatic carbocycles. The lowest BCUT2D eigenvalue weighted by atomic mass is 10.2. The largest absolute Gasteiger partial charge is 0.494 e. The number of hydrogen-bond acceptors (Lipinski definition) is 4. The van der Waals surface area contributed by atoms with Gasteiger partial charge in [-0.3, -0.25) is 19.3 Å². The number of rotatable bonds is 5. The van der Waals surface area contributed by atoms with Crippen molar-refractivity contribution >= 4 is 18.4 Å². The van der Waals surface area contributed by atoms with Crippen LogP contribution in [-0.2, 0) is 6.54 Å². The quantitative estimate of drug-likeness (QED) is 0.487. The Morgan fingerprint density at radius 1 is 1.67 bits per heavy atom. The summed E-state index contributed by atoms with van der Waals surface area (Å²) in [5.41, 5.74) is -0.324. The number of aliphatic imine (C=N–C) groups is 1. The predicted molar refractivity (Wildman–Crippen MR) is 75.1 cm³/mol. The summed E-state index contributed by atoms with van der Waals surface area (Å²) in [5, 5.41) is 10.0. The highest BCUT2D eigenvalue weighted by molar-refractivity contribution is 7.71. The molecule has 0 aliphatic carbocycles. The number of aromatic amines is 1. The van der Waals surface area contributed by atoms with Gasteiger partial charge in [-0.25, -0.2) is 0 Å². The topological polar surface area (TPSA) is 70.4 Å². The van der Waals surface area contributed by atoms with E-state index in [1.54, 1.807) is 6.08 Å². The first-order valence-corrected chi connectivity index (χ1v) is 6.12. The summed E-state index contributed by atoms with van der Waals surface area (Å²) in [5.74, 6) is -0.185. The first-order chi connectivity index (χ1) is 8.51. The summed E-state index contributed by atoms with van der Waals surface area (Å²) in [4.78, 5) is 18.4. The molecule has 1 unspecified atom stereocenters. The third-order valence-corrected chi connectivity index (χ3v) is 2.89. The summed E-state index contributed by atoms with van der Waals surface area (Å²) in [6.45, 7) is 7.83. The molecule has 0 spiro atoms. The van der Waals surface area contributed by atoms with Crippen LogP contribution in [0.2, 0.25) is 0 Å². The lowest BCUT2D eigenvalue weighted by molar-refractivity contribution is 0.413. The molecule has 5 nitrogen and oxygen atoms in total. The van der Waals surface area contributed by atoms with Crippen molar-refractivity contribution in [3.8, 4) is 5.88 Å². The molecule has 0 fully saturated rings. The van der Waals surface area contributed by atoms with Crippen LogP contribution in [0.15, 0.2) is 22.4 Å². The number of aromatic nitrogens is 2. The molecule has 0 aliphatic rings. The second kappa shape index (κ2) is 6.30. The molecular formula is C12H17N3O2S. The minimum absolute atomic E-state index is 0.0971. The van der Waals surface area contributed by atoms with Gasteiger partial charge in [0.1, 0.15) is 5.56 Å². The molecule has 18 heavy (non-hydrogen) atoms. The van der Waals surface area contributed by atoms with Crippen LogP contribution in [0.3, 0.4) is 0 Å². The maximum Gasteiger partial charge on any atom is 0.264 e. The van der Waals surface area contributed by atoms with E-state index in [2.05, 4.69) is 16.6 Å². The number of nitrogens with zero attached hydrogens (tertiary/aromatic N) is 2. The zero-order valence-electron chi connectivity index (χ0n) is 10.5. The van der Waals surface area contributed by atoms with Crippen LogP contribution in [0.5, 0.6) is 5.88 Å². The molecular weight excluding hydrogens is 250 g/mol. The number of aromatic hydroxyl groups is 1. The zero-order valence-corrected chi connectivity index (χ0v) is 11.3. The van der Waals surface area contributed by atoms with Gasteiger partial charge in [-0.05, 0) is 25.6 Å². The molecule has 0 saturated carbocycles. The molecule has 1 rings (SSSR count). The molecule has 6 heteroatoms. The smallest absolute Gasteiger partial charge is 0.264 e. The Hall–Kier alpha value is -1.69. The molecule has 1 aromatic heterocycles. The lowest BCUT2D eigenvalue weighted by Gasteiger charge is -2.08. The van der Waals surface area contributed by atoms with Gasteiger partial charge in [-0.1, -0.05) is 13.0 Å². The first-order valence-electron chi connectivity index (χ1n) is 5.71. The molecule has 0 bridgehead atoms. The summed E-state index contributed by atoms with van der Waals surface area (Å²) in [6.07, 6.45) is 3.83. The van der Waals surface area contributed by atoms with E-state index in [4.69, 9.17) is 12.2 Å². The summed E-state index contributed by atoms with van der Waals surface area (Å²) in [6, 6.07) is 0.0971. The van der Waals surface area contributed by atoms with Gasteiger partial charge in [-0.15, -0.1) is 6.58 Å². The molecule has 1 aromatic rings. The van der Waals surface area contributed by atoms with Crippen molar-refractivity contribution in [3.05, 3.63) is 33.3 Å². The van der Waals surface area contributed by atoms with Gasteiger partial charge < -0.3 is 5.11 Å². The van der Waals surface area contributed by atoms with Crippen molar-refractivity contribution in [1.29, 1.82) is 0 Å². The predicted octanol–water partition coefficient (Wildman–Crippen LogP) is 2.01. The number of nitrogens with one attached hydrogen (secondary N) is 1. The van der Waals surface area contributed by atoms with Crippen molar-refractivity contribution in [2.75, 3.05) is 0 Å². The lowest BCUT2D eigenvalue weighted by Crippen LogP contribution is -2.18. The average molecular weight is 267 g/mol. The Morgan fingerprint density at radius 2 is 2.33 bits per heavy atom. The van der Waals surface area contributed by atoms with Gasteiger partial charge in [0.15, 0.2) is 4.77 Å². The Morgan fingerprint density at radius 3 is 2.89 bits per heavy atom. The van der Waals surface area contributed by atoms with E-state index in [0.29, 0.717) is 6.54 Å². The fraction of sp³-hybridized carbons (Fsp3) is 0.417. The van der Waals surface area contributed by atoms with E-state index in [9.17, 15) is 9.90 Å². The van der Waals surface area contributed by atoms with Crippen LogP contribution in [0.1, 0.15) is 25.8 Å². The summed E-state index contributed by atoms with van der Waals surface area (Å²) >= 11 is 4.97. The molecule has 1 atom stereocenters. The van der Waals surface area contributed by atoms with Gasteiger partial charge in [-0.2, -0.15) is 0 Å². The van der Waals surface area contributed by atoms with Gasteiger partial charge >= 0.3 is 0 Å².